The molecule has 0 aromatic carbocycles. The highest BCUT2D eigenvalue weighted by Crippen LogP contribution is 2.31. The van der Waals surface area contributed by atoms with Crippen molar-refractivity contribution in [3.05, 3.63) is 0 Å². The Kier molecular flexibility index (Phi) is 6.91. The number of rotatable bonds is 8. The Bertz CT molecular complexity index is 806. The van der Waals surface area contributed by atoms with Crippen molar-refractivity contribution in [2.45, 2.75) is 56.3 Å². The molecule has 1 N–H and O–H groups in total. The number of likely N-dealkylation sites (N-methyl/N-ethyl adjacent to an activating group) is 1. The van der Waals surface area contributed by atoms with Crippen LogP contribution in [0.3, 0.4) is 0 Å². The van der Waals surface area contributed by atoms with E-state index >= 15 is 0 Å². The molecule has 1 aromatic heterocycles. The SMILES string of the molecule is CCN(CC(=O)NC1CCS(=O)(=O)C1)C(=O)CSc1nnnn1C1CCCC1. The van der Waals surface area contributed by atoms with E-state index in [1.807, 2.05) is 0 Å². The van der Waals surface area contributed by atoms with Crippen LogP contribution in [-0.4, -0.2) is 81.7 Å². The summed E-state index contributed by atoms with van der Waals surface area (Å²) in [5.41, 5.74) is 0. The van der Waals surface area contributed by atoms with E-state index in [1.54, 1.807) is 11.6 Å². The van der Waals surface area contributed by atoms with Gasteiger partial charge in [0.15, 0.2) is 9.84 Å². The van der Waals surface area contributed by atoms with Crippen LogP contribution in [-0.2, 0) is 19.4 Å². The number of nitrogens with one attached hydrogen (secondary N) is 1. The Balaban J connectivity index is 1.48. The normalized spacial score (nSPS) is 21.7. The molecule has 2 fully saturated rings. The average Bonchev–Trinajstić information content (AvgIpc) is 3.38. The van der Waals surface area contributed by atoms with E-state index in [4.69, 9.17) is 0 Å². The zero-order valence-corrected chi connectivity index (χ0v) is 17.5. The van der Waals surface area contributed by atoms with Gasteiger partial charge >= 0.3 is 0 Å². The summed E-state index contributed by atoms with van der Waals surface area (Å²) in [5, 5.41) is 15.1. The average molecular weight is 431 g/mol. The van der Waals surface area contributed by atoms with Crippen LogP contribution >= 0.6 is 11.8 Å². The predicted molar refractivity (Wildman–Crippen MR) is 104 cm³/mol. The molecule has 1 unspecified atom stereocenters. The van der Waals surface area contributed by atoms with E-state index in [9.17, 15) is 18.0 Å². The minimum absolute atomic E-state index is 0.0293. The van der Waals surface area contributed by atoms with Crippen molar-refractivity contribution in [1.82, 2.24) is 30.4 Å². The van der Waals surface area contributed by atoms with Gasteiger partial charge in [0.25, 0.3) is 0 Å². The number of amides is 2. The Hall–Kier alpha value is -1.69. The van der Waals surface area contributed by atoms with Gasteiger partial charge in [-0.1, -0.05) is 24.6 Å². The molecular weight excluding hydrogens is 404 g/mol. The molecule has 1 aliphatic carbocycles. The Morgan fingerprint density at radius 1 is 1.29 bits per heavy atom. The molecular formula is C16H26N6O4S2. The second-order valence-electron chi connectivity index (χ2n) is 7.21. The lowest BCUT2D eigenvalue weighted by Gasteiger charge is -2.21. The summed E-state index contributed by atoms with van der Waals surface area (Å²) in [6, 6.07) is -0.0694. The van der Waals surface area contributed by atoms with Crippen molar-refractivity contribution in [3.8, 4) is 0 Å². The molecule has 10 nitrogen and oxygen atoms in total. The molecule has 2 amide bonds. The second kappa shape index (κ2) is 9.21. The van der Waals surface area contributed by atoms with E-state index in [0.29, 0.717) is 24.2 Å². The van der Waals surface area contributed by atoms with Gasteiger partial charge < -0.3 is 10.2 Å². The molecule has 156 valence electrons. The van der Waals surface area contributed by atoms with Crippen molar-refractivity contribution in [3.63, 3.8) is 0 Å². The first kappa shape index (κ1) is 21.0. The Labute approximate surface area is 168 Å². The molecule has 1 aliphatic heterocycles. The third kappa shape index (κ3) is 5.43. The maximum absolute atomic E-state index is 12.5. The Morgan fingerprint density at radius 3 is 2.68 bits per heavy atom. The highest BCUT2D eigenvalue weighted by Gasteiger charge is 2.29. The van der Waals surface area contributed by atoms with Crippen molar-refractivity contribution >= 4 is 33.4 Å². The lowest BCUT2D eigenvalue weighted by molar-refractivity contribution is -0.134. The van der Waals surface area contributed by atoms with Gasteiger partial charge in [-0.3, -0.25) is 9.59 Å². The van der Waals surface area contributed by atoms with Gasteiger partial charge in [0.2, 0.25) is 17.0 Å². The molecule has 1 saturated heterocycles. The number of carbonyl (C=O) groups excluding carboxylic acids is 2. The molecule has 28 heavy (non-hydrogen) atoms. The second-order valence-corrected chi connectivity index (χ2v) is 10.4. The number of sulfone groups is 1. The van der Waals surface area contributed by atoms with Crippen LogP contribution in [0, 0.1) is 0 Å². The smallest absolute Gasteiger partial charge is 0.239 e. The third-order valence-corrected chi connectivity index (χ3v) is 7.81. The van der Waals surface area contributed by atoms with Crippen LogP contribution in [0.2, 0.25) is 0 Å². The fraction of sp³-hybridized carbons (Fsp3) is 0.812. The van der Waals surface area contributed by atoms with Gasteiger partial charge in [0, 0.05) is 12.6 Å². The van der Waals surface area contributed by atoms with Crippen molar-refractivity contribution in [2.75, 3.05) is 30.3 Å². The molecule has 1 aromatic rings. The van der Waals surface area contributed by atoms with E-state index in [1.165, 1.54) is 16.7 Å². The minimum Gasteiger partial charge on any atom is -0.351 e. The lowest BCUT2D eigenvalue weighted by Crippen LogP contribution is -2.45. The molecule has 2 aliphatic rings. The molecule has 1 saturated carbocycles. The predicted octanol–water partition coefficient (Wildman–Crippen LogP) is 0.0321. The van der Waals surface area contributed by atoms with Crippen molar-refractivity contribution in [2.24, 2.45) is 0 Å². The standard InChI is InChI=1S/C16H26N6O4S2/c1-2-21(9-14(23)17-12-7-8-28(25,26)11-12)15(24)10-27-16-18-19-20-22(16)13-5-3-4-6-13/h12-13H,2-11H2,1H3,(H,17,23). The van der Waals surface area contributed by atoms with Gasteiger partial charge in [-0.05, 0) is 36.6 Å². The Morgan fingerprint density at radius 2 is 2.04 bits per heavy atom. The van der Waals surface area contributed by atoms with Crippen LogP contribution in [0.5, 0.6) is 0 Å². The maximum Gasteiger partial charge on any atom is 0.239 e. The summed E-state index contributed by atoms with van der Waals surface area (Å²) in [6.07, 6.45) is 4.84. The summed E-state index contributed by atoms with van der Waals surface area (Å²) < 4.78 is 24.8. The van der Waals surface area contributed by atoms with Gasteiger partial charge in [0.1, 0.15) is 0 Å². The number of tetrazole rings is 1. The van der Waals surface area contributed by atoms with Gasteiger partial charge in [0.05, 0.1) is 29.8 Å². The summed E-state index contributed by atoms with van der Waals surface area (Å²) in [7, 11) is -3.06. The summed E-state index contributed by atoms with van der Waals surface area (Å²) >= 11 is 1.28. The number of thioether (sulfide) groups is 1. The maximum atomic E-state index is 12.5. The molecule has 1 atom stereocenters. The van der Waals surface area contributed by atoms with Gasteiger partial charge in [-0.15, -0.1) is 5.10 Å². The van der Waals surface area contributed by atoms with Gasteiger partial charge in [-0.2, -0.15) is 0 Å². The number of nitrogens with zero attached hydrogens (tertiary/aromatic N) is 5. The van der Waals surface area contributed by atoms with Crippen LogP contribution in [0.15, 0.2) is 5.16 Å². The largest absolute Gasteiger partial charge is 0.351 e. The summed E-state index contributed by atoms with van der Waals surface area (Å²) in [4.78, 5) is 26.2. The summed E-state index contributed by atoms with van der Waals surface area (Å²) in [5.74, 6) is -0.300. The van der Waals surface area contributed by atoms with Gasteiger partial charge in [-0.25, -0.2) is 13.1 Å². The third-order valence-electron chi connectivity index (χ3n) is 5.12. The number of hydrogen-bond acceptors (Lipinski definition) is 8. The van der Waals surface area contributed by atoms with E-state index in [-0.39, 0.29) is 41.7 Å². The van der Waals surface area contributed by atoms with E-state index < -0.39 is 9.84 Å². The quantitative estimate of drug-likeness (QED) is 0.572. The van der Waals surface area contributed by atoms with Crippen LogP contribution in [0.1, 0.15) is 45.1 Å². The molecule has 3 rings (SSSR count). The van der Waals surface area contributed by atoms with Crippen LogP contribution < -0.4 is 5.32 Å². The van der Waals surface area contributed by atoms with Crippen molar-refractivity contribution in [1.29, 1.82) is 0 Å². The molecule has 0 spiro atoms. The topological polar surface area (TPSA) is 127 Å². The molecule has 0 radical (unpaired) electrons. The zero-order chi connectivity index (χ0) is 20.1. The fourth-order valence-electron chi connectivity index (χ4n) is 3.61. The number of aromatic nitrogens is 4. The highest BCUT2D eigenvalue weighted by atomic mass is 32.2. The monoisotopic (exact) mass is 430 g/mol. The fourth-order valence-corrected chi connectivity index (χ4v) is 6.13. The van der Waals surface area contributed by atoms with E-state index in [0.717, 1.165) is 25.7 Å². The molecule has 0 bridgehead atoms. The first-order chi connectivity index (χ1) is 13.4. The lowest BCUT2D eigenvalue weighted by atomic mass is 10.2. The van der Waals surface area contributed by atoms with Crippen molar-refractivity contribution < 1.29 is 18.0 Å². The molecule has 12 heteroatoms. The summed E-state index contributed by atoms with van der Waals surface area (Å²) in [6.45, 7) is 2.11. The molecule has 2 heterocycles. The van der Waals surface area contributed by atoms with Crippen LogP contribution in [0.4, 0.5) is 0 Å². The zero-order valence-electron chi connectivity index (χ0n) is 15.9. The number of carbonyl (C=O) groups is 2. The van der Waals surface area contributed by atoms with Crippen LogP contribution in [0.25, 0.3) is 0 Å². The number of hydrogen-bond donors (Lipinski definition) is 1. The minimum atomic E-state index is -3.06. The first-order valence-corrected chi connectivity index (χ1v) is 12.4. The first-order valence-electron chi connectivity index (χ1n) is 9.56. The van der Waals surface area contributed by atoms with E-state index in [2.05, 4.69) is 20.8 Å². The highest BCUT2D eigenvalue weighted by molar-refractivity contribution is 7.99.